The predicted octanol–water partition coefficient (Wildman–Crippen LogP) is 2.41. The number of carboxylic acid groups (broad SMARTS) is 1. The standard InChI is InChI=1S/C15H21NO3/c1-4-10-7-12(5-6-14(10)19-3)16(2)9-11-8-13(11)15(17)18/h5-7,11,13H,4,8-9H2,1-3H3,(H,17,18). The zero-order valence-corrected chi connectivity index (χ0v) is 11.7. The first kappa shape index (κ1) is 13.7. The van der Waals surface area contributed by atoms with Gasteiger partial charge in [0.1, 0.15) is 5.75 Å². The zero-order chi connectivity index (χ0) is 14.0. The van der Waals surface area contributed by atoms with Crippen LogP contribution in [0.15, 0.2) is 18.2 Å². The monoisotopic (exact) mass is 263 g/mol. The van der Waals surface area contributed by atoms with E-state index in [1.807, 2.05) is 19.2 Å². The van der Waals surface area contributed by atoms with Gasteiger partial charge in [0.25, 0.3) is 0 Å². The van der Waals surface area contributed by atoms with E-state index in [4.69, 9.17) is 9.84 Å². The third-order valence-electron chi connectivity index (χ3n) is 3.83. The summed E-state index contributed by atoms with van der Waals surface area (Å²) >= 11 is 0. The Morgan fingerprint density at radius 3 is 2.79 bits per heavy atom. The number of carbonyl (C=O) groups is 1. The highest BCUT2D eigenvalue weighted by Crippen LogP contribution is 2.39. The molecule has 2 atom stereocenters. The summed E-state index contributed by atoms with van der Waals surface area (Å²) in [6.45, 7) is 2.90. The lowest BCUT2D eigenvalue weighted by molar-refractivity contribution is -0.138. The molecule has 0 bridgehead atoms. The van der Waals surface area contributed by atoms with Crippen molar-refractivity contribution in [1.82, 2.24) is 0 Å². The molecule has 0 aliphatic heterocycles. The van der Waals surface area contributed by atoms with Gasteiger partial charge in [0.2, 0.25) is 0 Å². The molecule has 2 unspecified atom stereocenters. The molecule has 1 aliphatic rings. The van der Waals surface area contributed by atoms with Gasteiger partial charge in [-0.1, -0.05) is 6.92 Å². The van der Waals surface area contributed by atoms with E-state index in [2.05, 4.69) is 17.9 Å². The predicted molar refractivity (Wildman–Crippen MR) is 74.9 cm³/mol. The lowest BCUT2D eigenvalue weighted by atomic mass is 10.1. The molecule has 1 aromatic rings. The van der Waals surface area contributed by atoms with Gasteiger partial charge in [0, 0.05) is 19.3 Å². The maximum Gasteiger partial charge on any atom is 0.306 e. The molecule has 0 saturated heterocycles. The van der Waals surface area contributed by atoms with Crippen molar-refractivity contribution < 1.29 is 14.6 Å². The number of hydrogen-bond acceptors (Lipinski definition) is 3. The van der Waals surface area contributed by atoms with Crippen molar-refractivity contribution in [2.75, 3.05) is 25.6 Å². The number of hydrogen-bond donors (Lipinski definition) is 1. The first-order chi connectivity index (χ1) is 9.06. The first-order valence-electron chi connectivity index (χ1n) is 6.67. The van der Waals surface area contributed by atoms with E-state index in [1.54, 1.807) is 7.11 Å². The average molecular weight is 263 g/mol. The summed E-state index contributed by atoms with van der Waals surface area (Å²) in [4.78, 5) is 13.0. The molecule has 1 N–H and O–H groups in total. The number of ether oxygens (including phenoxy) is 1. The molecule has 1 aliphatic carbocycles. The Morgan fingerprint density at radius 1 is 1.53 bits per heavy atom. The SMILES string of the molecule is CCc1cc(N(C)CC2CC2C(=O)O)ccc1OC. The van der Waals surface area contributed by atoms with Crippen LogP contribution in [0, 0.1) is 11.8 Å². The van der Waals surface area contributed by atoms with Gasteiger partial charge in [-0.2, -0.15) is 0 Å². The van der Waals surface area contributed by atoms with Gasteiger partial charge >= 0.3 is 5.97 Å². The van der Waals surface area contributed by atoms with Crippen LogP contribution in [-0.4, -0.2) is 31.8 Å². The molecule has 1 fully saturated rings. The molecular weight excluding hydrogens is 242 g/mol. The number of benzene rings is 1. The Morgan fingerprint density at radius 2 is 2.26 bits per heavy atom. The fourth-order valence-corrected chi connectivity index (χ4v) is 2.49. The molecule has 0 heterocycles. The molecule has 0 radical (unpaired) electrons. The summed E-state index contributed by atoms with van der Waals surface area (Å²) in [5, 5.41) is 8.92. The second-order valence-electron chi connectivity index (χ2n) is 5.17. The molecule has 0 aromatic heterocycles. The van der Waals surface area contributed by atoms with Crippen LogP contribution < -0.4 is 9.64 Å². The highest BCUT2D eigenvalue weighted by molar-refractivity contribution is 5.73. The highest BCUT2D eigenvalue weighted by atomic mass is 16.5. The molecular formula is C15H21NO3. The van der Waals surface area contributed by atoms with Gasteiger partial charge < -0.3 is 14.7 Å². The average Bonchev–Trinajstić information content (AvgIpc) is 3.17. The Hall–Kier alpha value is -1.71. The smallest absolute Gasteiger partial charge is 0.306 e. The number of aliphatic carboxylic acids is 1. The van der Waals surface area contributed by atoms with Crippen LogP contribution in [0.25, 0.3) is 0 Å². The van der Waals surface area contributed by atoms with Crippen LogP contribution in [0.1, 0.15) is 18.9 Å². The fraction of sp³-hybridized carbons (Fsp3) is 0.533. The van der Waals surface area contributed by atoms with Gasteiger partial charge in [-0.15, -0.1) is 0 Å². The van der Waals surface area contributed by atoms with E-state index < -0.39 is 5.97 Å². The number of nitrogens with zero attached hydrogens (tertiary/aromatic N) is 1. The Balaban J connectivity index is 2.03. The normalized spacial score (nSPS) is 21.0. The zero-order valence-electron chi connectivity index (χ0n) is 11.7. The van der Waals surface area contributed by atoms with Crippen molar-refractivity contribution in [3.8, 4) is 5.75 Å². The van der Waals surface area contributed by atoms with Crippen molar-refractivity contribution in [3.05, 3.63) is 23.8 Å². The Labute approximate surface area is 114 Å². The van der Waals surface area contributed by atoms with Gasteiger partial charge in [-0.05, 0) is 42.5 Å². The van der Waals surface area contributed by atoms with Crippen molar-refractivity contribution in [1.29, 1.82) is 0 Å². The second kappa shape index (κ2) is 5.51. The minimum Gasteiger partial charge on any atom is -0.496 e. The summed E-state index contributed by atoms with van der Waals surface area (Å²) in [6.07, 6.45) is 1.72. The Bertz CT molecular complexity index is 472. The molecule has 4 nitrogen and oxygen atoms in total. The molecule has 0 spiro atoms. The number of aryl methyl sites for hydroxylation is 1. The van der Waals surface area contributed by atoms with E-state index in [0.29, 0.717) is 0 Å². The number of methoxy groups -OCH3 is 1. The minimum absolute atomic E-state index is 0.147. The van der Waals surface area contributed by atoms with Gasteiger partial charge in [0.15, 0.2) is 0 Å². The second-order valence-corrected chi connectivity index (χ2v) is 5.17. The van der Waals surface area contributed by atoms with Gasteiger partial charge in [-0.25, -0.2) is 0 Å². The first-order valence-corrected chi connectivity index (χ1v) is 6.67. The van der Waals surface area contributed by atoms with E-state index in [9.17, 15) is 4.79 Å². The maximum atomic E-state index is 10.8. The van der Waals surface area contributed by atoms with Gasteiger partial charge in [0.05, 0.1) is 13.0 Å². The van der Waals surface area contributed by atoms with E-state index in [0.717, 1.165) is 30.8 Å². The molecule has 0 amide bonds. The number of carboxylic acids is 1. The summed E-state index contributed by atoms with van der Waals surface area (Å²) < 4.78 is 5.32. The van der Waals surface area contributed by atoms with Crippen molar-refractivity contribution in [3.63, 3.8) is 0 Å². The van der Waals surface area contributed by atoms with E-state index in [-0.39, 0.29) is 11.8 Å². The van der Waals surface area contributed by atoms with Crippen molar-refractivity contribution in [2.45, 2.75) is 19.8 Å². The van der Waals surface area contributed by atoms with Crippen LogP contribution in [0.3, 0.4) is 0 Å². The summed E-state index contributed by atoms with van der Waals surface area (Å²) in [7, 11) is 3.69. The van der Waals surface area contributed by atoms with Crippen LogP contribution in [0.5, 0.6) is 5.75 Å². The van der Waals surface area contributed by atoms with Crippen LogP contribution in [-0.2, 0) is 11.2 Å². The van der Waals surface area contributed by atoms with E-state index >= 15 is 0 Å². The number of anilines is 1. The lowest BCUT2D eigenvalue weighted by Crippen LogP contribution is -2.21. The third-order valence-corrected chi connectivity index (χ3v) is 3.83. The number of rotatable bonds is 6. The van der Waals surface area contributed by atoms with E-state index in [1.165, 1.54) is 5.56 Å². The third kappa shape index (κ3) is 3.00. The summed E-state index contributed by atoms with van der Waals surface area (Å²) in [6, 6.07) is 6.12. The molecule has 1 saturated carbocycles. The summed E-state index contributed by atoms with van der Waals surface area (Å²) in [5.41, 5.74) is 2.30. The molecule has 1 aromatic carbocycles. The van der Waals surface area contributed by atoms with Crippen LogP contribution in [0.4, 0.5) is 5.69 Å². The molecule has 104 valence electrons. The topological polar surface area (TPSA) is 49.8 Å². The molecule has 4 heteroatoms. The largest absolute Gasteiger partial charge is 0.496 e. The molecule has 19 heavy (non-hydrogen) atoms. The minimum atomic E-state index is -0.664. The molecule has 2 rings (SSSR count). The highest BCUT2D eigenvalue weighted by Gasteiger charge is 2.43. The quantitative estimate of drug-likeness (QED) is 0.856. The summed E-state index contributed by atoms with van der Waals surface area (Å²) in [5.74, 6) is 0.387. The van der Waals surface area contributed by atoms with Gasteiger partial charge in [-0.3, -0.25) is 4.79 Å². The van der Waals surface area contributed by atoms with Crippen LogP contribution >= 0.6 is 0 Å². The van der Waals surface area contributed by atoms with Crippen LogP contribution in [0.2, 0.25) is 0 Å². The van der Waals surface area contributed by atoms with Crippen molar-refractivity contribution >= 4 is 11.7 Å². The maximum absolute atomic E-state index is 10.8. The van der Waals surface area contributed by atoms with Crippen molar-refractivity contribution in [2.24, 2.45) is 11.8 Å². The lowest BCUT2D eigenvalue weighted by Gasteiger charge is -2.21. The fourth-order valence-electron chi connectivity index (χ4n) is 2.49. The Kier molecular flexibility index (Phi) is 3.98.